The fraction of sp³-hybridized carbons (Fsp3) is 0.400. The number of anilines is 1. The van der Waals surface area contributed by atoms with E-state index in [-0.39, 0.29) is 11.6 Å². The molecule has 140 valence electrons. The average Bonchev–Trinajstić information content (AvgIpc) is 3.03. The van der Waals surface area contributed by atoms with Gasteiger partial charge in [-0.25, -0.2) is 9.48 Å². The van der Waals surface area contributed by atoms with Gasteiger partial charge in [0.2, 0.25) is 0 Å². The summed E-state index contributed by atoms with van der Waals surface area (Å²) in [7, 11) is 1.71. The Kier molecular flexibility index (Phi) is 4.75. The number of hydrogen-bond donors (Lipinski definition) is 0. The van der Waals surface area contributed by atoms with Gasteiger partial charge in [-0.1, -0.05) is 30.3 Å². The second-order valence-corrected chi connectivity index (χ2v) is 6.94. The Labute approximate surface area is 158 Å². The summed E-state index contributed by atoms with van der Waals surface area (Å²) in [5.41, 5.74) is 1.89. The second-order valence-electron chi connectivity index (χ2n) is 6.94. The molecule has 0 bridgehead atoms. The Balaban J connectivity index is 1.55. The first-order chi connectivity index (χ1) is 13.2. The molecule has 7 nitrogen and oxygen atoms in total. The molecule has 1 aromatic carbocycles. The van der Waals surface area contributed by atoms with Gasteiger partial charge in [0.1, 0.15) is 5.82 Å². The Morgan fingerprint density at radius 3 is 2.63 bits per heavy atom. The number of nitrogens with zero attached hydrogens (tertiary/aromatic N) is 6. The summed E-state index contributed by atoms with van der Waals surface area (Å²) < 4.78 is 3.21. The largest absolute Gasteiger partial charge is 0.354 e. The molecule has 3 aromatic rings. The molecule has 3 heterocycles. The van der Waals surface area contributed by atoms with Gasteiger partial charge >= 0.3 is 5.69 Å². The lowest BCUT2D eigenvalue weighted by molar-refractivity contribution is 0.467. The van der Waals surface area contributed by atoms with Crippen LogP contribution >= 0.6 is 0 Å². The van der Waals surface area contributed by atoms with Crippen molar-refractivity contribution in [2.75, 3.05) is 18.0 Å². The van der Waals surface area contributed by atoms with E-state index in [0.29, 0.717) is 6.54 Å². The summed E-state index contributed by atoms with van der Waals surface area (Å²) in [6, 6.07) is 14.1. The van der Waals surface area contributed by atoms with Gasteiger partial charge in [-0.3, -0.25) is 4.57 Å². The Bertz CT molecular complexity index is 960. The van der Waals surface area contributed by atoms with E-state index in [1.807, 2.05) is 49.4 Å². The Hall–Kier alpha value is -2.96. The summed E-state index contributed by atoms with van der Waals surface area (Å²) >= 11 is 0. The third kappa shape index (κ3) is 3.37. The highest BCUT2D eigenvalue weighted by Crippen LogP contribution is 2.28. The van der Waals surface area contributed by atoms with Gasteiger partial charge in [0.15, 0.2) is 5.82 Å². The molecule has 0 spiro atoms. The van der Waals surface area contributed by atoms with Gasteiger partial charge in [-0.2, -0.15) is 5.10 Å². The minimum Gasteiger partial charge on any atom is -0.354 e. The van der Waals surface area contributed by atoms with Crippen LogP contribution in [0.25, 0.3) is 11.3 Å². The van der Waals surface area contributed by atoms with E-state index in [0.717, 1.165) is 48.8 Å². The van der Waals surface area contributed by atoms with Crippen LogP contribution in [0.4, 0.5) is 5.82 Å². The number of piperidine rings is 1. The zero-order chi connectivity index (χ0) is 18.8. The molecular weight excluding hydrogens is 340 g/mol. The van der Waals surface area contributed by atoms with E-state index in [1.165, 1.54) is 4.68 Å². The number of aryl methyl sites for hydroxylation is 1. The van der Waals surface area contributed by atoms with Crippen molar-refractivity contribution >= 4 is 5.82 Å². The molecule has 7 heteroatoms. The van der Waals surface area contributed by atoms with Crippen molar-refractivity contribution in [3.8, 4) is 11.3 Å². The van der Waals surface area contributed by atoms with E-state index in [2.05, 4.69) is 20.2 Å². The number of hydrogen-bond acceptors (Lipinski definition) is 5. The van der Waals surface area contributed by atoms with Crippen LogP contribution in [0.2, 0.25) is 0 Å². The van der Waals surface area contributed by atoms with Crippen LogP contribution in [0.15, 0.2) is 47.3 Å². The van der Waals surface area contributed by atoms with E-state index in [9.17, 15) is 4.79 Å². The number of rotatable bonds is 4. The lowest BCUT2D eigenvalue weighted by Crippen LogP contribution is -2.36. The molecule has 4 rings (SSSR count). The van der Waals surface area contributed by atoms with Crippen molar-refractivity contribution in [2.24, 2.45) is 7.05 Å². The summed E-state index contributed by atoms with van der Waals surface area (Å²) in [5, 5.41) is 13.4. The zero-order valence-corrected chi connectivity index (χ0v) is 15.7. The fourth-order valence-electron chi connectivity index (χ4n) is 3.78. The molecule has 1 saturated heterocycles. The summed E-state index contributed by atoms with van der Waals surface area (Å²) in [4.78, 5) is 14.5. The van der Waals surface area contributed by atoms with Crippen LogP contribution in [-0.4, -0.2) is 37.6 Å². The standard InChI is InChI=1S/C20H24N6O/c1-3-26-19(23-24(2)20(26)27)16-10-7-13-25(14-16)18-12-11-17(21-22-18)15-8-5-4-6-9-15/h4-6,8-9,11-12,16H,3,7,10,13-14H2,1-2H3/t16-/m0/s1. The van der Waals surface area contributed by atoms with Crippen molar-refractivity contribution in [1.82, 2.24) is 24.5 Å². The minimum atomic E-state index is -0.0448. The van der Waals surface area contributed by atoms with E-state index in [4.69, 9.17) is 0 Å². The molecule has 0 radical (unpaired) electrons. The molecular formula is C20H24N6O. The highest BCUT2D eigenvalue weighted by Gasteiger charge is 2.27. The monoisotopic (exact) mass is 364 g/mol. The van der Waals surface area contributed by atoms with E-state index < -0.39 is 0 Å². The predicted molar refractivity (Wildman–Crippen MR) is 105 cm³/mol. The first-order valence-corrected chi connectivity index (χ1v) is 9.45. The number of benzene rings is 1. The van der Waals surface area contributed by atoms with Crippen LogP contribution in [0.1, 0.15) is 31.5 Å². The van der Waals surface area contributed by atoms with Gasteiger partial charge in [-0.05, 0) is 31.9 Å². The normalized spacial score (nSPS) is 17.3. The van der Waals surface area contributed by atoms with Gasteiger partial charge in [0.05, 0.1) is 5.69 Å². The summed E-state index contributed by atoms with van der Waals surface area (Å²) in [5.74, 6) is 1.98. The van der Waals surface area contributed by atoms with Gasteiger partial charge in [0.25, 0.3) is 0 Å². The van der Waals surface area contributed by atoms with Crippen LogP contribution in [0, 0.1) is 0 Å². The Morgan fingerprint density at radius 1 is 1.11 bits per heavy atom. The summed E-state index contributed by atoms with van der Waals surface area (Å²) in [6.07, 6.45) is 2.07. The molecule has 0 saturated carbocycles. The van der Waals surface area contributed by atoms with Gasteiger partial charge in [-0.15, -0.1) is 10.2 Å². The van der Waals surface area contributed by atoms with Crippen molar-refractivity contribution in [3.05, 3.63) is 58.8 Å². The second kappa shape index (κ2) is 7.34. The smallest absolute Gasteiger partial charge is 0.345 e. The fourth-order valence-corrected chi connectivity index (χ4v) is 3.78. The molecule has 0 amide bonds. The molecule has 0 unspecified atom stereocenters. The van der Waals surface area contributed by atoms with Crippen molar-refractivity contribution in [1.29, 1.82) is 0 Å². The molecule has 0 N–H and O–H groups in total. The number of aromatic nitrogens is 5. The van der Waals surface area contributed by atoms with E-state index in [1.54, 1.807) is 11.6 Å². The van der Waals surface area contributed by atoms with Crippen LogP contribution in [0.3, 0.4) is 0 Å². The highest BCUT2D eigenvalue weighted by molar-refractivity contribution is 5.59. The predicted octanol–water partition coefficient (Wildman–Crippen LogP) is 2.44. The topological polar surface area (TPSA) is 68.8 Å². The Morgan fingerprint density at radius 2 is 1.93 bits per heavy atom. The quantitative estimate of drug-likeness (QED) is 0.711. The average molecular weight is 364 g/mol. The molecule has 1 aliphatic heterocycles. The highest BCUT2D eigenvalue weighted by atomic mass is 16.2. The van der Waals surface area contributed by atoms with Crippen molar-refractivity contribution in [3.63, 3.8) is 0 Å². The van der Waals surface area contributed by atoms with Crippen molar-refractivity contribution in [2.45, 2.75) is 32.2 Å². The van der Waals surface area contributed by atoms with E-state index >= 15 is 0 Å². The third-order valence-corrected chi connectivity index (χ3v) is 5.18. The maximum Gasteiger partial charge on any atom is 0.345 e. The molecule has 1 aliphatic rings. The summed E-state index contributed by atoms with van der Waals surface area (Å²) in [6.45, 7) is 4.37. The molecule has 2 aromatic heterocycles. The lowest BCUT2D eigenvalue weighted by Gasteiger charge is -2.32. The van der Waals surface area contributed by atoms with Crippen molar-refractivity contribution < 1.29 is 0 Å². The van der Waals surface area contributed by atoms with Gasteiger partial charge < -0.3 is 4.90 Å². The molecule has 1 atom stereocenters. The first kappa shape index (κ1) is 17.5. The molecule has 0 aliphatic carbocycles. The molecule has 1 fully saturated rings. The zero-order valence-electron chi connectivity index (χ0n) is 15.7. The van der Waals surface area contributed by atoms with Gasteiger partial charge in [0, 0.05) is 38.2 Å². The third-order valence-electron chi connectivity index (χ3n) is 5.18. The van der Waals surface area contributed by atoms with Crippen LogP contribution in [0.5, 0.6) is 0 Å². The van der Waals surface area contributed by atoms with Crippen LogP contribution < -0.4 is 10.6 Å². The SMILES string of the molecule is CCn1c([C@H]2CCCN(c3ccc(-c4ccccc4)nn3)C2)nn(C)c1=O. The van der Waals surface area contributed by atoms with Crippen LogP contribution in [-0.2, 0) is 13.6 Å². The lowest BCUT2D eigenvalue weighted by atomic mass is 9.97. The minimum absolute atomic E-state index is 0.0448. The molecule has 27 heavy (non-hydrogen) atoms. The first-order valence-electron chi connectivity index (χ1n) is 9.45. The maximum atomic E-state index is 12.2. The maximum absolute atomic E-state index is 12.2.